The fourth-order valence-corrected chi connectivity index (χ4v) is 3.92. The average molecular weight is 318 g/mol. The molecule has 1 aliphatic heterocycles. The molecule has 0 spiro atoms. The topological polar surface area (TPSA) is 58.1 Å². The first-order chi connectivity index (χ1) is 10.5. The van der Waals surface area contributed by atoms with Crippen molar-refractivity contribution in [3.05, 3.63) is 16.8 Å². The standard InChI is InChI=1S/C16H22N4OS/c1-9(2)7-11-8-22-15-13(11)14(17-10(3)18-15)19-12-5-6-20(4)16(12)21/h8-9,12H,5-7H2,1-4H3,(H,17,18,19). The molecule has 22 heavy (non-hydrogen) atoms. The Hall–Kier alpha value is -1.69. The summed E-state index contributed by atoms with van der Waals surface area (Å²) in [4.78, 5) is 24.1. The van der Waals surface area contributed by atoms with Gasteiger partial charge in [-0.2, -0.15) is 0 Å². The van der Waals surface area contributed by atoms with Crippen molar-refractivity contribution in [3.8, 4) is 0 Å². The largest absolute Gasteiger partial charge is 0.358 e. The molecule has 0 radical (unpaired) electrons. The van der Waals surface area contributed by atoms with Crippen LogP contribution in [0.3, 0.4) is 0 Å². The first-order valence-electron chi connectivity index (χ1n) is 7.72. The number of likely N-dealkylation sites (tertiary alicyclic amines) is 1. The van der Waals surface area contributed by atoms with E-state index in [0.717, 1.165) is 41.2 Å². The van der Waals surface area contributed by atoms with Crippen molar-refractivity contribution in [2.24, 2.45) is 5.92 Å². The number of amides is 1. The third-order valence-electron chi connectivity index (χ3n) is 3.99. The van der Waals surface area contributed by atoms with Gasteiger partial charge in [-0.15, -0.1) is 11.3 Å². The van der Waals surface area contributed by atoms with Gasteiger partial charge in [-0.1, -0.05) is 13.8 Å². The van der Waals surface area contributed by atoms with E-state index in [1.165, 1.54) is 5.56 Å². The number of thiophene rings is 1. The number of likely N-dealkylation sites (N-methyl/N-ethyl adjacent to an activating group) is 1. The molecule has 5 nitrogen and oxygen atoms in total. The molecular weight excluding hydrogens is 296 g/mol. The van der Waals surface area contributed by atoms with E-state index in [2.05, 4.69) is 34.5 Å². The maximum absolute atomic E-state index is 12.2. The summed E-state index contributed by atoms with van der Waals surface area (Å²) in [5.74, 6) is 2.27. The Bertz CT molecular complexity index is 709. The van der Waals surface area contributed by atoms with Gasteiger partial charge in [0.1, 0.15) is 22.5 Å². The molecule has 0 saturated carbocycles. The molecule has 0 bridgehead atoms. The van der Waals surface area contributed by atoms with E-state index in [9.17, 15) is 4.79 Å². The first-order valence-corrected chi connectivity index (χ1v) is 8.60. The highest BCUT2D eigenvalue weighted by Crippen LogP contribution is 2.32. The lowest BCUT2D eigenvalue weighted by molar-refractivity contribution is -0.127. The fraction of sp³-hybridized carbons (Fsp3) is 0.562. The van der Waals surface area contributed by atoms with Crippen LogP contribution in [-0.4, -0.2) is 40.4 Å². The monoisotopic (exact) mass is 318 g/mol. The SMILES string of the molecule is Cc1nc(NC2CCN(C)C2=O)c2c(CC(C)C)csc2n1. The molecule has 1 fully saturated rings. The molecule has 1 aliphatic rings. The van der Waals surface area contributed by atoms with E-state index >= 15 is 0 Å². The summed E-state index contributed by atoms with van der Waals surface area (Å²) in [6, 6.07) is -0.172. The van der Waals surface area contributed by atoms with Crippen LogP contribution in [-0.2, 0) is 11.2 Å². The van der Waals surface area contributed by atoms with Gasteiger partial charge in [-0.05, 0) is 36.6 Å². The lowest BCUT2D eigenvalue weighted by atomic mass is 10.0. The van der Waals surface area contributed by atoms with Crippen LogP contribution in [0.5, 0.6) is 0 Å². The third-order valence-corrected chi connectivity index (χ3v) is 4.91. The van der Waals surface area contributed by atoms with E-state index in [1.807, 2.05) is 14.0 Å². The van der Waals surface area contributed by atoms with Crippen LogP contribution < -0.4 is 5.32 Å². The smallest absolute Gasteiger partial charge is 0.244 e. The zero-order valence-corrected chi connectivity index (χ0v) is 14.3. The first kappa shape index (κ1) is 15.2. The lowest BCUT2D eigenvalue weighted by Crippen LogP contribution is -2.31. The predicted molar refractivity (Wildman–Crippen MR) is 90.4 cm³/mol. The predicted octanol–water partition coefficient (Wildman–Crippen LogP) is 2.84. The molecule has 0 aliphatic carbocycles. The molecule has 6 heteroatoms. The summed E-state index contributed by atoms with van der Waals surface area (Å²) in [5.41, 5.74) is 1.27. The quantitative estimate of drug-likeness (QED) is 0.942. The number of rotatable bonds is 4. The Labute approximate surface area is 134 Å². The average Bonchev–Trinajstić information content (AvgIpc) is 2.96. The number of nitrogens with one attached hydrogen (secondary N) is 1. The van der Waals surface area contributed by atoms with Gasteiger partial charge in [-0.3, -0.25) is 4.79 Å². The van der Waals surface area contributed by atoms with Gasteiger partial charge < -0.3 is 10.2 Å². The second kappa shape index (κ2) is 5.83. The summed E-state index contributed by atoms with van der Waals surface area (Å²) in [6.07, 6.45) is 1.82. The molecule has 1 saturated heterocycles. The van der Waals surface area contributed by atoms with Gasteiger partial charge in [0.15, 0.2) is 0 Å². The molecule has 1 amide bonds. The van der Waals surface area contributed by atoms with Crippen molar-refractivity contribution in [2.45, 2.75) is 39.7 Å². The van der Waals surface area contributed by atoms with Crippen LogP contribution in [0.2, 0.25) is 0 Å². The van der Waals surface area contributed by atoms with Crippen molar-refractivity contribution in [3.63, 3.8) is 0 Å². The Morgan fingerprint density at radius 3 is 2.86 bits per heavy atom. The number of carbonyl (C=O) groups excluding carboxylic acids is 1. The maximum atomic E-state index is 12.2. The second-order valence-electron chi connectivity index (χ2n) is 6.40. The van der Waals surface area contributed by atoms with E-state index < -0.39 is 0 Å². The second-order valence-corrected chi connectivity index (χ2v) is 7.26. The van der Waals surface area contributed by atoms with Crippen LogP contribution >= 0.6 is 11.3 Å². The zero-order chi connectivity index (χ0) is 15.9. The van der Waals surface area contributed by atoms with Crippen molar-refractivity contribution >= 4 is 33.3 Å². The zero-order valence-electron chi connectivity index (χ0n) is 13.5. The van der Waals surface area contributed by atoms with Gasteiger partial charge in [0, 0.05) is 13.6 Å². The van der Waals surface area contributed by atoms with E-state index in [-0.39, 0.29) is 11.9 Å². The van der Waals surface area contributed by atoms with E-state index in [4.69, 9.17) is 0 Å². The summed E-state index contributed by atoms with van der Waals surface area (Å²) in [7, 11) is 1.85. The number of carbonyl (C=O) groups is 1. The molecule has 118 valence electrons. The van der Waals surface area contributed by atoms with Crippen LogP contribution in [0.25, 0.3) is 10.2 Å². The van der Waals surface area contributed by atoms with Crippen molar-refractivity contribution in [1.82, 2.24) is 14.9 Å². The summed E-state index contributed by atoms with van der Waals surface area (Å²) < 4.78 is 0. The number of aromatic nitrogens is 2. The maximum Gasteiger partial charge on any atom is 0.244 e. The van der Waals surface area contributed by atoms with Gasteiger partial charge in [0.05, 0.1) is 5.39 Å². The lowest BCUT2D eigenvalue weighted by Gasteiger charge is -2.15. The summed E-state index contributed by atoms with van der Waals surface area (Å²) in [5, 5.41) is 6.63. The Morgan fingerprint density at radius 2 is 2.23 bits per heavy atom. The highest BCUT2D eigenvalue weighted by molar-refractivity contribution is 7.17. The molecule has 0 aromatic carbocycles. The minimum absolute atomic E-state index is 0.144. The van der Waals surface area contributed by atoms with Crippen LogP contribution in [0.4, 0.5) is 5.82 Å². The summed E-state index contributed by atoms with van der Waals surface area (Å²) >= 11 is 1.66. The number of anilines is 1. The Morgan fingerprint density at radius 1 is 1.45 bits per heavy atom. The van der Waals surface area contributed by atoms with Gasteiger partial charge >= 0.3 is 0 Å². The van der Waals surface area contributed by atoms with E-state index in [1.54, 1.807) is 16.2 Å². The molecular formula is C16H22N4OS. The molecule has 1 atom stereocenters. The Kier molecular flexibility index (Phi) is 4.04. The number of aryl methyl sites for hydroxylation is 1. The van der Waals surface area contributed by atoms with Crippen LogP contribution in [0, 0.1) is 12.8 Å². The minimum atomic E-state index is -0.172. The molecule has 1 unspecified atom stereocenters. The highest BCUT2D eigenvalue weighted by Gasteiger charge is 2.30. The number of nitrogens with zero attached hydrogens (tertiary/aromatic N) is 3. The van der Waals surface area contributed by atoms with Crippen LogP contribution in [0.1, 0.15) is 31.7 Å². The minimum Gasteiger partial charge on any atom is -0.358 e. The summed E-state index contributed by atoms with van der Waals surface area (Å²) in [6.45, 7) is 7.11. The number of hydrogen-bond donors (Lipinski definition) is 1. The van der Waals surface area contributed by atoms with Crippen molar-refractivity contribution in [1.29, 1.82) is 0 Å². The van der Waals surface area contributed by atoms with Gasteiger partial charge in [0.25, 0.3) is 0 Å². The number of fused-ring (bicyclic) bond motifs is 1. The molecule has 3 heterocycles. The highest BCUT2D eigenvalue weighted by atomic mass is 32.1. The van der Waals surface area contributed by atoms with Gasteiger partial charge in [-0.25, -0.2) is 9.97 Å². The van der Waals surface area contributed by atoms with Crippen molar-refractivity contribution < 1.29 is 4.79 Å². The van der Waals surface area contributed by atoms with Crippen molar-refractivity contribution in [2.75, 3.05) is 18.9 Å². The normalized spacial score (nSPS) is 18.7. The molecule has 1 N–H and O–H groups in total. The van der Waals surface area contributed by atoms with Gasteiger partial charge in [0.2, 0.25) is 5.91 Å². The molecule has 2 aromatic rings. The third kappa shape index (κ3) is 2.79. The molecule has 3 rings (SSSR count). The van der Waals surface area contributed by atoms with Crippen LogP contribution in [0.15, 0.2) is 5.38 Å². The fourth-order valence-electron chi connectivity index (χ4n) is 2.92. The number of hydrogen-bond acceptors (Lipinski definition) is 5. The molecule has 2 aromatic heterocycles. The van der Waals surface area contributed by atoms with E-state index in [0.29, 0.717) is 5.92 Å². The Balaban J connectivity index is 2.00.